The molecular formula is C8H9F3N2O3S2. The molecule has 18 heavy (non-hydrogen) atoms. The van der Waals surface area contributed by atoms with Gasteiger partial charge in [0.1, 0.15) is 4.21 Å². The molecule has 1 heterocycles. The predicted octanol–water partition coefficient (Wildman–Crippen LogP) is 0.616. The highest BCUT2D eigenvalue weighted by molar-refractivity contribution is 7.91. The second kappa shape index (κ2) is 5.24. The van der Waals surface area contributed by atoms with Crippen LogP contribution in [-0.2, 0) is 21.2 Å². The molecule has 0 aromatic carbocycles. The molecule has 0 bridgehead atoms. The number of sulfonamides is 1. The molecule has 0 aliphatic heterocycles. The molecule has 10 heteroatoms. The number of hydrogen-bond donors (Lipinski definition) is 2. The highest BCUT2D eigenvalue weighted by Crippen LogP contribution is 2.20. The number of rotatable bonds is 4. The third-order valence-corrected chi connectivity index (χ3v) is 4.42. The first-order chi connectivity index (χ1) is 8.10. The molecule has 0 radical (unpaired) electrons. The number of carbonyl (C=O) groups excluding carboxylic acids is 1. The lowest BCUT2D eigenvalue weighted by molar-refractivity contribution is -0.173. The first-order valence-corrected chi connectivity index (χ1v) is 6.93. The smallest absolute Gasteiger partial charge is 0.348 e. The van der Waals surface area contributed by atoms with E-state index in [-0.39, 0.29) is 17.2 Å². The summed E-state index contributed by atoms with van der Waals surface area (Å²) in [5.41, 5.74) is 0. The molecule has 0 saturated carbocycles. The molecule has 0 aliphatic rings. The maximum Gasteiger partial charge on any atom is 0.471 e. The molecule has 1 rings (SSSR count). The van der Waals surface area contributed by atoms with Crippen molar-refractivity contribution in [2.75, 3.05) is 6.54 Å². The summed E-state index contributed by atoms with van der Waals surface area (Å²) in [7, 11) is -3.80. The summed E-state index contributed by atoms with van der Waals surface area (Å²) < 4.78 is 57.3. The van der Waals surface area contributed by atoms with Crippen molar-refractivity contribution < 1.29 is 26.4 Å². The van der Waals surface area contributed by atoms with Crippen molar-refractivity contribution in [2.45, 2.75) is 16.8 Å². The van der Waals surface area contributed by atoms with Gasteiger partial charge in [0.25, 0.3) is 0 Å². The number of hydrogen-bond acceptors (Lipinski definition) is 4. The highest BCUT2D eigenvalue weighted by atomic mass is 32.2. The van der Waals surface area contributed by atoms with Crippen molar-refractivity contribution in [3.63, 3.8) is 0 Å². The van der Waals surface area contributed by atoms with Crippen LogP contribution in [0.4, 0.5) is 13.2 Å². The monoisotopic (exact) mass is 302 g/mol. The standard InChI is InChI=1S/C8H9F3N2O3S2/c9-8(10,11)7(14)13-4-3-5-1-2-6(17-5)18(12,15)16/h1-2H,3-4H2,(H,13,14)(H2,12,15,16). The molecule has 0 spiro atoms. The predicted molar refractivity (Wildman–Crippen MR) is 58.5 cm³/mol. The fourth-order valence-electron chi connectivity index (χ4n) is 1.04. The third kappa shape index (κ3) is 4.27. The minimum Gasteiger partial charge on any atom is -0.348 e. The molecule has 0 unspecified atom stereocenters. The first kappa shape index (κ1) is 14.9. The summed E-state index contributed by atoms with van der Waals surface area (Å²) in [6.45, 7) is -0.233. The molecule has 1 aromatic heterocycles. The Morgan fingerprint density at radius 1 is 1.39 bits per heavy atom. The summed E-state index contributed by atoms with van der Waals surface area (Å²) in [6, 6.07) is 2.70. The van der Waals surface area contributed by atoms with E-state index >= 15 is 0 Å². The van der Waals surface area contributed by atoms with Crippen LogP contribution in [0.15, 0.2) is 16.3 Å². The normalized spacial score (nSPS) is 12.4. The molecule has 1 amide bonds. The highest BCUT2D eigenvalue weighted by Gasteiger charge is 2.38. The average Bonchev–Trinajstić information content (AvgIpc) is 2.64. The molecule has 102 valence electrons. The van der Waals surface area contributed by atoms with Crippen LogP contribution in [0.5, 0.6) is 0 Å². The van der Waals surface area contributed by atoms with Gasteiger partial charge in [0.15, 0.2) is 0 Å². The van der Waals surface area contributed by atoms with Crippen molar-refractivity contribution in [3.05, 3.63) is 17.0 Å². The number of nitrogens with two attached hydrogens (primary N) is 1. The minimum atomic E-state index is -4.92. The maximum absolute atomic E-state index is 11.8. The van der Waals surface area contributed by atoms with Gasteiger partial charge >= 0.3 is 12.1 Å². The fraction of sp³-hybridized carbons (Fsp3) is 0.375. The van der Waals surface area contributed by atoms with Gasteiger partial charge in [0.2, 0.25) is 10.0 Å². The van der Waals surface area contributed by atoms with E-state index in [1.807, 2.05) is 0 Å². The molecule has 3 N–H and O–H groups in total. The van der Waals surface area contributed by atoms with E-state index in [9.17, 15) is 26.4 Å². The van der Waals surface area contributed by atoms with Crippen molar-refractivity contribution in [1.29, 1.82) is 0 Å². The van der Waals surface area contributed by atoms with Crippen LogP contribution in [-0.4, -0.2) is 27.0 Å². The summed E-state index contributed by atoms with van der Waals surface area (Å²) in [5, 5.41) is 6.55. The van der Waals surface area contributed by atoms with Crippen LogP contribution in [0.25, 0.3) is 0 Å². The van der Waals surface area contributed by atoms with Gasteiger partial charge in [0, 0.05) is 11.4 Å². The number of alkyl halides is 3. The van der Waals surface area contributed by atoms with E-state index in [1.165, 1.54) is 12.1 Å². The Hall–Kier alpha value is -1.13. The van der Waals surface area contributed by atoms with Crippen LogP contribution in [0, 0.1) is 0 Å². The van der Waals surface area contributed by atoms with Gasteiger partial charge in [-0.05, 0) is 18.6 Å². The van der Waals surface area contributed by atoms with Crippen LogP contribution < -0.4 is 10.5 Å². The largest absolute Gasteiger partial charge is 0.471 e. The van der Waals surface area contributed by atoms with E-state index in [4.69, 9.17) is 5.14 Å². The zero-order chi connectivity index (χ0) is 14.0. The summed E-state index contributed by atoms with van der Waals surface area (Å²) in [6.07, 6.45) is -4.82. The zero-order valence-corrected chi connectivity index (χ0v) is 10.5. The van der Waals surface area contributed by atoms with Crippen molar-refractivity contribution in [1.82, 2.24) is 5.32 Å². The van der Waals surface area contributed by atoms with Crippen molar-refractivity contribution >= 4 is 27.3 Å². The topological polar surface area (TPSA) is 89.3 Å². The van der Waals surface area contributed by atoms with Crippen LogP contribution in [0.3, 0.4) is 0 Å². The Balaban J connectivity index is 2.51. The van der Waals surface area contributed by atoms with Gasteiger partial charge in [-0.3, -0.25) is 4.79 Å². The van der Waals surface area contributed by atoms with Crippen LogP contribution in [0.2, 0.25) is 0 Å². The van der Waals surface area contributed by atoms with Gasteiger partial charge in [0.05, 0.1) is 0 Å². The quantitative estimate of drug-likeness (QED) is 0.854. The fourth-order valence-corrected chi connectivity index (χ4v) is 2.82. The van der Waals surface area contributed by atoms with Gasteiger partial charge in [-0.1, -0.05) is 0 Å². The Labute approximate surface area is 105 Å². The second-order valence-electron chi connectivity index (χ2n) is 3.27. The Morgan fingerprint density at radius 3 is 2.44 bits per heavy atom. The van der Waals surface area contributed by atoms with Crippen molar-refractivity contribution in [2.24, 2.45) is 5.14 Å². The van der Waals surface area contributed by atoms with Gasteiger partial charge in [-0.15, -0.1) is 11.3 Å². The summed E-state index contributed by atoms with van der Waals surface area (Å²) in [5.74, 6) is -2.02. The Kier molecular flexibility index (Phi) is 4.35. The summed E-state index contributed by atoms with van der Waals surface area (Å²) in [4.78, 5) is 11.0. The molecule has 5 nitrogen and oxygen atoms in total. The number of carbonyl (C=O) groups is 1. The minimum absolute atomic E-state index is 0.0698. The number of primary sulfonamides is 1. The number of amides is 1. The van der Waals surface area contributed by atoms with E-state index in [0.29, 0.717) is 4.88 Å². The Bertz CT molecular complexity index is 536. The van der Waals surface area contributed by atoms with Gasteiger partial charge in [-0.25, -0.2) is 13.6 Å². The molecule has 0 aliphatic carbocycles. The Morgan fingerprint density at radius 2 is 2.00 bits per heavy atom. The number of thiophene rings is 1. The maximum atomic E-state index is 11.8. The number of nitrogens with one attached hydrogen (secondary N) is 1. The molecular weight excluding hydrogens is 293 g/mol. The van der Waals surface area contributed by atoms with Gasteiger partial charge in [-0.2, -0.15) is 13.2 Å². The van der Waals surface area contributed by atoms with Crippen LogP contribution in [0.1, 0.15) is 4.88 Å². The second-order valence-corrected chi connectivity index (χ2v) is 6.23. The molecule has 0 fully saturated rings. The SMILES string of the molecule is NS(=O)(=O)c1ccc(CCNC(=O)C(F)(F)F)s1. The van der Waals surface area contributed by atoms with E-state index in [0.717, 1.165) is 11.3 Å². The molecule has 0 atom stereocenters. The lowest BCUT2D eigenvalue weighted by Crippen LogP contribution is -2.37. The molecule has 0 saturated heterocycles. The summed E-state index contributed by atoms with van der Waals surface area (Å²) >= 11 is 0.853. The van der Waals surface area contributed by atoms with E-state index in [1.54, 1.807) is 5.32 Å². The molecule has 1 aromatic rings. The average molecular weight is 302 g/mol. The van der Waals surface area contributed by atoms with E-state index in [2.05, 4.69) is 0 Å². The zero-order valence-electron chi connectivity index (χ0n) is 8.82. The van der Waals surface area contributed by atoms with Crippen LogP contribution >= 0.6 is 11.3 Å². The first-order valence-electron chi connectivity index (χ1n) is 4.57. The van der Waals surface area contributed by atoms with Crippen molar-refractivity contribution in [3.8, 4) is 0 Å². The lowest BCUT2D eigenvalue weighted by atomic mass is 10.3. The number of halogens is 3. The lowest BCUT2D eigenvalue weighted by Gasteiger charge is -2.06. The van der Waals surface area contributed by atoms with E-state index < -0.39 is 22.1 Å². The third-order valence-electron chi connectivity index (χ3n) is 1.83. The van der Waals surface area contributed by atoms with Gasteiger partial charge < -0.3 is 5.32 Å².